The number of likely N-dealkylation sites (N-methyl/N-ethyl adjacent to an activating group) is 1. The van der Waals surface area contributed by atoms with Crippen molar-refractivity contribution in [1.82, 2.24) is 25.1 Å². The molecule has 2 aliphatic rings. The van der Waals surface area contributed by atoms with Gasteiger partial charge in [0.25, 0.3) is 0 Å². The summed E-state index contributed by atoms with van der Waals surface area (Å²) >= 11 is 0. The third-order valence-corrected chi connectivity index (χ3v) is 6.08. The molecule has 0 radical (unpaired) electrons. The topological polar surface area (TPSA) is 85.4 Å². The van der Waals surface area contributed by atoms with Gasteiger partial charge < -0.3 is 19.9 Å². The average molecular weight is 470 g/mol. The van der Waals surface area contributed by atoms with Crippen molar-refractivity contribution in [2.45, 2.75) is 18.8 Å². The van der Waals surface area contributed by atoms with Crippen LogP contribution in [-0.4, -0.2) is 84.2 Å². The first-order valence-corrected chi connectivity index (χ1v) is 11.1. The number of hydrogen-bond acceptors (Lipinski definition) is 5. The number of hydrogen-bond donors (Lipinski definition) is 1. The lowest BCUT2D eigenvalue weighted by Gasteiger charge is -2.54. The summed E-state index contributed by atoms with van der Waals surface area (Å²) in [4.78, 5) is 43.0. The van der Waals surface area contributed by atoms with Crippen LogP contribution >= 0.6 is 0 Å². The summed E-state index contributed by atoms with van der Waals surface area (Å²) in [5, 5.41) is 5.89. The van der Waals surface area contributed by atoms with Crippen molar-refractivity contribution in [2.75, 3.05) is 40.4 Å². The molecule has 2 saturated heterocycles. The first-order chi connectivity index (χ1) is 16.4. The molecule has 4 amide bonds. The van der Waals surface area contributed by atoms with E-state index >= 15 is 0 Å². The summed E-state index contributed by atoms with van der Waals surface area (Å²) in [5.74, 6) is -0.789. The number of hydrazine groups is 1. The Bertz CT molecular complexity index is 1040. The number of carbonyl (C=O) groups excluding carboxylic acids is 3. The van der Waals surface area contributed by atoms with E-state index < -0.39 is 18.2 Å². The fourth-order valence-corrected chi connectivity index (χ4v) is 4.42. The maximum atomic E-state index is 13.4. The molecule has 1 N–H and O–H groups in total. The number of methoxy groups -OCH3 is 1. The number of benzene rings is 2. The van der Waals surface area contributed by atoms with E-state index in [1.54, 1.807) is 36.2 Å². The minimum absolute atomic E-state index is 0.0465. The Morgan fingerprint density at radius 1 is 1.12 bits per heavy atom. The summed E-state index contributed by atoms with van der Waals surface area (Å²) in [5.41, 5.74) is 1.43. The van der Waals surface area contributed by atoms with Crippen LogP contribution in [-0.2, 0) is 20.9 Å². The van der Waals surface area contributed by atoms with Gasteiger partial charge in [-0.2, -0.15) is 0 Å². The normalized spacial score (nSPS) is 21.0. The Morgan fingerprint density at radius 3 is 2.50 bits per heavy atom. The van der Waals surface area contributed by atoms with Crippen LogP contribution in [0.1, 0.15) is 17.2 Å². The zero-order valence-electron chi connectivity index (χ0n) is 19.2. The second kappa shape index (κ2) is 10.2. The van der Waals surface area contributed by atoms with Crippen LogP contribution in [0.5, 0.6) is 0 Å². The highest BCUT2D eigenvalue weighted by molar-refractivity contribution is 5.92. The molecular formula is C24H28FN5O4. The number of amides is 4. The van der Waals surface area contributed by atoms with E-state index in [-0.39, 0.29) is 37.3 Å². The van der Waals surface area contributed by atoms with Crippen LogP contribution in [0.2, 0.25) is 0 Å². The molecule has 0 bridgehead atoms. The lowest BCUT2D eigenvalue weighted by Crippen LogP contribution is -2.73. The molecule has 180 valence electrons. The third kappa shape index (κ3) is 4.73. The van der Waals surface area contributed by atoms with Gasteiger partial charge in [-0.05, 0) is 23.3 Å². The molecule has 0 aromatic heterocycles. The van der Waals surface area contributed by atoms with Gasteiger partial charge in [-0.3, -0.25) is 9.59 Å². The lowest BCUT2D eigenvalue weighted by molar-refractivity contribution is -0.188. The predicted molar refractivity (Wildman–Crippen MR) is 121 cm³/mol. The number of piperazine rings is 1. The minimum atomic E-state index is -0.842. The number of urea groups is 1. The van der Waals surface area contributed by atoms with Crippen molar-refractivity contribution in [3.05, 3.63) is 71.5 Å². The Hall–Kier alpha value is -3.50. The Balaban J connectivity index is 1.63. The third-order valence-electron chi connectivity index (χ3n) is 6.08. The van der Waals surface area contributed by atoms with Crippen LogP contribution in [0.15, 0.2) is 54.6 Å². The summed E-state index contributed by atoms with van der Waals surface area (Å²) in [7, 11) is 3.22. The lowest BCUT2D eigenvalue weighted by atomic mass is 9.99. The second-order valence-corrected chi connectivity index (χ2v) is 8.32. The second-order valence-electron chi connectivity index (χ2n) is 8.32. The molecule has 2 fully saturated rings. The summed E-state index contributed by atoms with van der Waals surface area (Å²) in [6.45, 7) is 0.978. The SMILES string of the molecule is COCCN1C[C@H]2N(C(=O)CN(C)N2C(=O)NCc2ccc(F)cc2)[C@@H](c2ccccc2)C1=O. The first kappa shape index (κ1) is 23.7. The molecular weight excluding hydrogens is 441 g/mol. The highest BCUT2D eigenvalue weighted by atomic mass is 19.1. The van der Waals surface area contributed by atoms with Gasteiger partial charge in [-0.1, -0.05) is 42.5 Å². The number of ether oxygens (including phenoxy) is 1. The highest BCUT2D eigenvalue weighted by Gasteiger charge is 2.51. The standard InChI is InChI=1S/C24H28FN5O4/c1-27-16-21(31)29-20(30(27)24(33)26-14-17-8-10-19(25)11-9-17)15-28(12-13-34-2)23(32)22(29)18-6-4-3-5-7-18/h3-11,20,22H,12-16H2,1-2H3,(H,26,33)/t20-,22-/m0/s1. The van der Waals surface area contributed by atoms with Crippen molar-refractivity contribution < 1.29 is 23.5 Å². The largest absolute Gasteiger partial charge is 0.383 e. The van der Waals surface area contributed by atoms with Crippen LogP contribution in [0.3, 0.4) is 0 Å². The molecule has 9 nitrogen and oxygen atoms in total. The van der Waals surface area contributed by atoms with Crippen LogP contribution in [0, 0.1) is 5.82 Å². The van der Waals surface area contributed by atoms with E-state index in [9.17, 15) is 18.8 Å². The molecule has 0 aliphatic carbocycles. The van der Waals surface area contributed by atoms with E-state index in [0.29, 0.717) is 18.7 Å². The van der Waals surface area contributed by atoms with E-state index in [1.165, 1.54) is 22.0 Å². The number of rotatable bonds is 6. The van der Waals surface area contributed by atoms with Gasteiger partial charge in [0.2, 0.25) is 11.8 Å². The zero-order chi connectivity index (χ0) is 24.2. The monoisotopic (exact) mass is 469 g/mol. The molecule has 34 heavy (non-hydrogen) atoms. The fraction of sp³-hybridized carbons (Fsp3) is 0.375. The van der Waals surface area contributed by atoms with E-state index in [4.69, 9.17) is 4.74 Å². The Kier molecular flexibility index (Phi) is 7.09. The van der Waals surface area contributed by atoms with Gasteiger partial charge in [0.1, 0.15) is 18.0 Å². The maximum Gasteiger partial charge on any atom is 0.334 e. The molecule has 0 unspecified atom stereocenters. The summed E-state index contributed by atoms with van der Waals surface area (Å²) in [6.07, 6.45) is -0.695. The number of carbonyl (C=O) groups is 3. The fourth-order valence-electron chi connectivity index (χ4n) is 4.42. The van der Waals surface area contributed by atoms with Crippen molar-refractivity contribution in [3.63, 3.8) is 0 Å². The Labute approximate surface area is 197 Å². The zero-order valence-corrected chi connectivity index (χ0v) is 19.2. The van der Waals surface area contributed by atoms with E-state index in [1.807, 2.05) is 30.3 Å². The van der Waals surface area contributed by atoms with E-state index in [2.05, 4.69) is 5.32 Å². The predicted octanol–water partition coefficient (Wildman–Crippen LogP) is 1.58. The number of halogens is 1. The van der Waals surface area contributed by atoms with Gasteiger partial charge in [0.15, 0.2) is 0 Å². The molecule has 2 aromatic rings. The molecule has 2 atom stereocenters. The molecule has 0 spiro atoms. The minimum Gasteiger partial charge on any atom is -0.383 e. The first-order valence-electron chi connectivity index (χ1n) is 11.1. The molecule has 10 heteroatoms. The summed E-state index contributed by atoms with van der Waals surface area (Å²) < 4.78 is 18.4. The number of fused-ring (bicyclic) bond motifs is 1. The Morgan fingerprint density at radius 2 is 1.82 bits per heavy atom. The number of nitrogens with zero attached hydrogens (tertiary/aromatic N) is 4. The van der Waals surface area contributed by atoms with E-state index in [0.717, 1.165) is 5.56 Å². The van der Waals surface area contributed by atoms with Crippen LogP contribution in [0.4, 0.5) is 9.18 Å². The van der Waals surface area contributed by atoms with Gasteiger partial charge >= 0.3 is 6.03 Å². The van der Waals surface area contributed by atoms with Crippen LogP contribution in [0.25, 0.3) is 0 Å². The van der Waals surface area contributed by atoms with Crippen molar-refractivity contribution in [3.8, 4) is 0 Å². The van der Waals surface area contributed by atoms with Gasteiger partial charge in [-0.25, -0.2) is 19.2 Å². The molecule has 2 aromatic carbocycles. The highest BCUT2D eigenvalue weighted by Crippen LogP contribution is 2.34. The maximum absolute atomic E-state index is 13.4. The quantitative estimate of drug-likeness (QED) is 0.695. The molecule has 2 heterocycles. The van der Waals surface area contributed by atoms with Gasteiger partial charge in [0, 0.05) is 27.2 Å². The summed E-state index contributed by atoms with van der Waals surface area (Å²) in [6, 6.07) is 13.7. The molecule has 2 aliphatic heterocycles. The molecule has 0 saturated carbocycles. The van der Waals surface area contributed by atoms with Gasteiger partial charge in [0.05, 0.1) is 19.7 Å². The van der Waals surface area contributed by atoms with Crippen molar-refractivity contribution >= 4 is 17.8 Å². The van der Waals surface area contributed by atoms with Crippen molar-refractivity contribution in [1.29, 1.82) is 0 Å². The van der Waals surface area contributed by atoms with Gasteiger partial charge in [-0.15, -0.1) is 0 Å². The molecule has 4 rings (SSSR count). The average Bonchev–Trinajstić information content (AvgIpc) is 2.83. The van der Waals surface area contributed by atoms with Crippen LogP contribution < -0.4 is 5.32 Å². The van der Waals surface area contributed by atoms with Crippen molar-refractivity contribution in [2.24, 2.45) is 0 Å². The smallest absolute Gasteiger partial charge is 0.334 e. The number of nitrogens with one attached hydrogen (secondary N) is 1.